The van der Waals surface area contributed by atoms with Crippen molar-refractivity contribution >= 4 is 44.2 Å². The first-order chi connectivity index (χ1) is 11.0. The molecule has 0 atom stereocenters. The fraction of sp³-hybridized carbons (Fsp3) is 0.118. The average Bonchev–Trinajstić information content (AvgIpc) is 2.97. The molecule has 1 heterocycles. The van der Waals surface area contributed by atoms with Crippen molar-refractivity contribution in [1.29, 1.82) is 0 Å². The second-order valence-corrected chi connectivity index (χ2v) is 6.10. The second kappa shape index (κ2) is 6.18. The number of thiazole rings is 1. The van der Waals surface area contributed by atoms with E-state index in [-0.39, 0.29) is 11.8 Å². The van der Waals surface area contributed by atoms with Crippen molar-refractivity contribution in [1.82, 2.24) is 4.98 Å². The monoisotopic (exact) mass is 325 g/mol. The lowest BCUT2D eigenvalue weighted by Gasteiger charge is -2.14. The zero-order valence-electron chi connectivity index (χ0n) is 12.7. The summed E-state index contributed by atoms with van der Waals surface area (Å²) in [5.74, 6) is -0.283. The van der Waals surface area contributed by atoms with E-state index in [0.29, 0.717) is 16.4 Å². The molecule has 116 valence electrons. The van der Waals surface area contributed by atoms with Crippen molar-refractivity contribution < 1.29 is 9.59 Å². The molecule has 2 amide bonds. The van der Waals surface area contributed by atoms with E-state index < -0.39 is 0 Å². The quantitative estimate of drug-likeness (QED) is 0.801. The number of nitrogens with one attached hydrogen (secondary N) is 1. The summed E-state index contributed by atoms with van der Waals surface area (Å²) in [4.78, 5) is 29.6. The molecule has 3 aromatic rings. The zero-order valence-corrected chi connectivity index (χ0v) is 13.6. The highest BCUT2D eigenvalue weighted by Crippen LogP contribution is 2.28. The third-order valence-electron chi connectivity index (χ3n) is 3.33. The third-order valence-corrected chi connectivity index (χ3v) is 4.44. The molecule has 0 radical (unpaired) electrons. The summed E-state index contributed by atoms with van der Waals surface area (Å²) in [7, 11) is 1.71. The smallest absolute Gasteiger partial charge is 0.259 e. The molecule has 0 bridgehead atoms. The van der Waals surface area contributed by atoms with Crippen LogP contribution in [0.15, 0.2) is 48.5 Å². The Morgan fingerprint density at radius 2 is 1.78 bits per heavy atom. The van der Waals surface area contributed by atoms with Gasteiger partial charge in [-0.25, -0.2) is 4.98 Å². The van der Waals surface area contributed by atoms with Gasteiger partial charge in [0.2, 0.25) is 5.91 Å². The van der Waals surface area contributed by atoms with Crippen LogP contribution < -0.4 is 10.2 Å². The summed E-state index contributed by atoms with van der Waals surface area (Å²) >= 11 is 1.48. The molecule has 6 heteroatoms. The highest BCUT2D eigenvalue weighted by molar-refractivity contribution is 7.22. The van der Waals surface area contributed by atoms with E-state index in [1.54, 1.807) is 31.3 Å². The van der Waals surface area contributed by atoms with E-state index >= 15 is 0 Å². The number of nitrogens with zero attached hydrogens (tertiary/aromatic N) is 2. The molecule has 0 spiro atoms. The molecular formula is C17H15N3O2S. The molecule has 3 rings (SSSR count). The Labute approximate surface area is 137 Å². The Morgan fingerprint density at radius 3 is 2.43 bits per heavy atom. The minimum absolute atomic E-state index is 0.140. The third kappa shape index (κ3) is 3.22. The van der Waals surface area contributed by atoms with Gasteiger partial charge >= 0.3 is 0 Å². The average molecular weight is 325 g/mol. The number of benzene rings is 2. The Kier molecular flexibility index (Phi) is 4.08. The van der Waals surface area contributed by atoms with Crippen LogP contribution in [0.5, 0.6) is 0 Å². The lowest BCUT2D eigenvalue weighted by molar-refractivity contribution is -0.114. The number of anilines is 2. The van der Waals surface area contributed by atoms with Crippen LogP contribution in [0.1, 0.15) is 17.3 Å². The van der Waals surface area contributed by atoms with E-state index in [4.69, 9.17) is 0 Å². The fourth-order valence-electron chi connectivity index (χ4n) is 2.18. The first kappa shape index (κ1) is 15.2. The molecule has 1 aromatic heterocycles. The molecule has 23 heavy (non-hydrogen) atoms. The van der Waals surface area contributed by atoms with Crippen molar-refractivity contribution in [3.05, 3.63) is 54.1 Å². The molecule has 0 saturated carbocycles. The van der Waals surface area contributed by atoms with Gasteiger partial charge in [-0.3, -0.25) is 14.5 Å². The van der Waals surface area contributed by atoms with Gasteiger partial charge in [0.05, 0.1) is 10.2 Å². The van der Waals surface area contributed by atoms with Gasteiger partial charge in [0, 0.05) is 25.2 Å². The topological polar surface area (TPSA) is 62.3 Å². The van der Waals surface area contributed by atoms with Gasteiger partial charge in [0.25, 0.3) is 5.91 Å². The van der Waals surface area contributed by atoms with Crippen LogP contribution in [0, 0.1) is 0 Å². The molecule has 1 N–H and O–H groups in total. The van der Waals surface area contributed by atoms with Crippen molar-refractivity contribution in [2.45, 2.75) is 6.92 Å². The number of para-hydroxylation sites is 1. The number of fused-ring (bicyclic) bond motifs is 1. The molecule has 0 saturated heterocycles. The van der Waals surface area contributed by atoms with Crippen molar-refractivity contribution in [3.63, 3.8) is 0 Å². The molecule has 5 nitrogen and oxygen atoms in total. The number of hydrogen-bond donors (Lipinski definition) is 1. The van der Waals surface area contributed by atoms with E-state index in [9.17, 15) is 9.59 Å². The van der Waals surface area contributed by atoms with Crippen molar-refractivity contribution in [2.24, 2.45) is 0 Å². The standard InChI is InChI=1S/C17H15N3O2S/c1-11(21)18-13-9-7-12(8-10-13)16(22)20(2)17-19-14-5-3-4-6-15(14)23-17/h3-10H,1-2H3,(H,18,21). The van der Waals surface area contributed by atoms with E-state index in [2.05, 4.69) is 10.3 Å². The number of hydrogen-bond acceptors (Lipinski definition) is 4. The van der Waals surface area contributed by atoms with Gasteiger partial charge in [-0.05, 0) is 36.4 Å². The minimum Gasteiger partial charge on any atom is -0.326 e. The van der Waals surface area contributed by atoms with Gasteiger partial charge in [0.15, 0.2) is 5.13 Å². The molecule has 0 aliphatic rings. The second-order valence-electron chi connectivity index (χ2n) is 5.09. The maximum atomic E-state index is 12.6. The lowest BCUT2D eigenvalue weighted by Crippen LogP contribution is -2.26. The Morgan fingerprint density at radius 1 is 1.09 bits per heavy atom. The van der Waals surface area contributed by atoms with Crippen LogP contribution in [0.3, 0.4) is 0 Å². The highest BCUT2D eigenvalue weighted by Gasteiger charge is 2.17. The van der Waals surface area contributed by atoms with E-state index in [1.807, 2.05) is 24.3 Å². The van der Waals surface area contributed by atoms with E-state index in [0.717, 1.165) is 10.2 Å². The SMILES string of the molecule is CC(=O)Nc1ccc(C(=O)N(C)c2nc3ccccc3s2)cc1. The molecule has 2 aromatic carbocycles. The number of carbonyl (C=O) groups excluding carboxylic acids is 2. The van der Waals surface area contributed by atoms with Crippen molar-refractivity contribution in [2.75, 3.05) is 17.3 Å². The Hall–Kier alpha value is -2.73. The van der Waals surface area contributed by atoms with Crippen LogP contribution in [-0.2, 0) is 4.79 Å². The maximum absolute atomic E-state index is 12.6. The maximum Gasteiger partial charge on any atom is 0.259 e. The summed E-state index contributed by atoms with van der Waals surface area (Å²) in [6.45, 7) is 1.44. The van der Waals surface area contributed by atoms with Gasteiger partial charge in [-0.2, -0.15) is 0 Å². The number of carbonyl (C=O) groups is 2. The normalized spacial score (nSPS) is 10.5. The predicted molar refractivity (Wildman–Crippen MR) is 93.1 cm³/mol. The molecule has 0 aliphatic heterocycles. The first-order valence-electron chi connectivity index (χ1n) is 7.06. The summed E-state index contributed by atoms with van der Waals surface area (Å²) in [6.07, 6.45) is 0. The van der Waals surface area contributed by atoms with Crippen LogP contribution in [0.2, 0.25) is 0 Å². The molecular weight excluding hydrogens is 310 g/mol. The predicted octanol–water partition coefficient (Wildman–Crippen LogP) is 3.53. The minimum atomic E-state index is -0.143. The molecule has 0 fully saturated rings. The van der Waals surface area contributed by atoms with E-state index in [1.165, 1.54) is 23.2 Å². The largest absolute Gasteiger partial charge is 0.326 e. The Balaban J connectivity index is 1.82. The number of rotatable bonds is 3. The van der Waals surface area contributed by atoms with Crippen molar-refractivity contribution in [3.8, 4) is 0 Å². The van der Waals surface area contributed by atoms with Crippen LogP contribution in [0.25, 0.3) is 10.2 Å². The van der Waals surface area contributed by atoms with Crippen LogP contribution in [-0.4, -0.2) is 23.8 Å². The highest BCUT2D eigenvalue weighted by atomic mass is 32.1. The zero-order chi connectivity index (χ0) is 16.4. The number of aromatic nitrogens is 1. The van der Waals surface area contributed by atoms with Crippen LogP contribution >= 0.6 is 11.3 Å². The summed E-state index contributed by atoms with van der Waals surface area (Å²) in [5, 5.41) is 3.33. The van der Waals surface area contributed by atoms with Gasteiger partial charge in [-0.1, -0.05) is 23.5 Å². The summed E-state index contributed by atoms with van der Waals surface area (Å²) in [6, 6.07) is 14.6. The fourth-order valence-corrected chi connectivity index (χ4v) is 3.11. The molecule has 0 unspecified atom stereocenters. The van der Waals surface area contributed by atoms with Gasteiger partial charge < -0.3 is 5.32 Å². The lowest BCUT2D eigenvalue weighted by atomic mass is 10.2. The number of amides is 2. The first-order valence-corrected chi connectivity index (χ1v) is 7.87. The Bertz CT molecular complexity index is 838. The van der Waals surface area contributed by atoms with Crippen LogP contribution in [0.4, 0.5) is 10.8 Å². The van der Waals surface area contributed by atoms with Gasteiger partial charge in [0.1, 0.15) is 0 Å². The van der Waals surface area contributed by atoms with Gasteiger partial charge in [-0.15, -0.1) is 0 Å². The summed E-state index contributed by atoms with van der Waals surface area (Å²) in [5.41, 5.74) is 2.09. The summed E-state index contributed by atoms with van der Waals surface area (Å²) < 4.78 is 1.04. The molecule has 0 aliphatic carbocycles.